The molecule has 0 fully saturated rings. The highest BCUT2D eigenvalue weighted by molar-refractivity contribution is 5.94. The molecule has 0 saturated carbocycles. The third-order valence-electron chi connectivity index (χ3n) is 2.43. The van der Waals surface area contributed by atoms with Crippen molar-refractivity contribution < 1.29 is 14.3 Å². The fourth-order valence-corrected chi connectivity index (χ4v) is 1.83. The van der Waals surface area contributed by atoms with Gasteiger partial charge in [0.05, 0.1) is 13.0 Å². The van der Waals surface area contributed by atoms with E-state index in [9.17, 15) is 9.59 Å². The van der Waals surface area contributed by atoms with E-state index in [1.807, 2.05) is 6.92 Å². The molecule has 0 N–H and O–H groups in total. The fourth-order valence-electron chi connectivity index (χ4n) is 1.83. The molecule has 0 spiro atoms. The molecular weight excluding hydrogens is 168 g/mol. The van der Waals surface area contributed by atoms with Gasteiger partial charge in [-0.2, -0.15) is 0 Å². The molecular formula is C10H14O3. The van der Waals surface area contributed by atoms with Crippen molar-refractivity contribution in [2.24, 2.45) is 11.8 Å². The molecule has 13 heavy (non-hydrogen) atoms. The van der Waals surface area contributed by atoms with E-state index in [4.69, 9.17) is 0 Å². The summed E-state index contributed by atoms with van der Waals surface area (Å²) < 4.78 is 4.67. The van der Waals surface area contributed by atoms with E-state index in [-0.39, 0.29) is 23.6 Å². The first-order chi connectivity index (χ1) is 6.06. The van der Waals surface area contributed by atoms with Gasteiger partial charge >= 0.3 is 5.97 Å². The van der Waals surface area contributed by atoms with Crippen LogP contribution in [0.4, 0.5) is 0 Å². The normalized spacial score (nSPS) is 28.2. The quantitative estimate of drug-likeness (QED) is 0.574. The van der Waals surface area contributed by atoms with Crippen LogP contribution >= 0.6 is 0 Å². The van der Waals surface area contributed by atoms with Gasteiger partial charge in [0, 0.05) is 6.42 Å². The van der Waals surface area contributed by atoms with Gasteiger partial charge in [0.2, 0.25) is 0 Å². The van der Waals surface area contributed by atoms with Crippen LogP contribution in [0, 0.1) is 11.8 Å². The van der Waals surface area contributed by atoms with Crippen molar-refractivity contribution >= 4 is 11.8 Å². The van der Waals surface area contributed by atoms with Crippen LogP contribution in [0.5, 0.6) is 0 Å². The van der Waals surface area contributed by atoms with Gasteiger partial charge < -0.3 is 4.74 Å². The lowest BCUT2D eigenvalue weighted by Crippen LogP contribution is -2.29. The van der Waals surface area contributed by atoms with Crippen LogP contribution in [-0.2, 0) is 14.3 Å². The van der Waals surface area contributed by atoms with Crippen LogP contribution in [0.2, 0.25) is 0 Å². The van der Waals surface area contributed by atoms with E-state index >= 15 is 0 Å². The summed E-state index contributed by atoms with van der Waals surface area (Å²) in [6, 6.07) is 0. The van der Waals surface area contributed by atoms with E-state index in [1.165, 1.54) is 7.11 Å². The Morgan fingerprint density at radius 1 is 1.62 bits per heavy atom. The zero-order valence-corrected chi connectivity index (χ0v) is 8.16. The van der Waals surface area contributed by atoms with Crippen LogP contribution in [0.25, 0.3) is 0 Å². The van der Waals surface area contributed by atoms with Gasteiger partial charge in [-0.25, -0.2) is 0 Å². The second-order valence-corrected chi connectivity index (χ2v) is 3.54. The standard InChI is InChI=1S/C10H14O3/c1-6-4-8(11)5-7(2)9(6)10(12)13-3/h4,7,9H,5H2,1-3H3/t7-,9-/m0/s1. The molecule has 0 heterocycles. The maximum atomic E-state index is 11.3. The number of allylic oxidation sites excluding steroid dienone is 1. The molecule has 0 radical (unpaired) electrons. The maximum absolute atomic E-state index is 11.3. The number of ether oxygens (including phenoxy) is 1. The number of ketones is 1. The summed E-state index contributed by atoms with van der Waals surface area (Å²) in [5, 5.41) is 0. The van der Waals surface area contributed by atoms with Crippen LogP contribution in [0.1, 0.15) is 20.3 Å². The van der Waals surface area contributed by atoms with Crippen molar-refractivity contribution in [3.8, 4) is 0 Å². The number of esters is 1. The number of methoxy groups -OCH3 is 1. The van der Waals surface area contributed by atoms with Gasteiger partial charge in [-0.15, -0.1) is 0 Å². The minimum absolute atomic E-state index is 0.0601. The van der Waals surface area contributed by atoms with Gasteiger partial charge in [0.1, 0.15) is 0 Å². The Morgan fingerprint density at radius 3 is 2.69 bits per heavy atom. The Hall–Kier alpha value is -1.12. The molecule has 3 heteroatoms. The molecule has 3 nitrogen and oxygen atoms in total. The number of hydrogen-bond donors (Lipinski definition) is 0. The number of carbonyl (C=O) groups is 2. The molecule has 0 aromatic carbocycles. The number of carbonyl (C=O) groups excluding carboxylic acids is 2. The second kappa shape index (κ2) is 3.73. The molecule has 1 aliphatic carbocycles. The highest BCUT2D eigenvalue weighted by atomic mass is 16.5. The Labute approximate surface area is 77.8 Å². The summed E-state index contributed by atoms with van der Waals surface area (Å²) in [7, 11) is 1.37. The lowest BCUT2D eigenvalue weighted by Gasteiger charge is -2.25. The summed E-state index contributed by atoms with van der Waals surface area (Å²) in [6.45, 7) is 3.70. The predicted molar refractivity (Wildman–Crippen MR) is 48.1 cm³/mol. The molecule has 0 aromatic rings. The topological polar surface area (TPSA) is 43.4 Å². The monoisotopic (exact) mass is 182 g/mol. The Bertz CT molecular complexity index is 265. The van der Waals surface area contributed by atoms with Crippen molar-refractivity contribution in [1.82, 2.24) is 0 Å². The molecule has 2 atom stereocenters. The number of hydrogen-bond acceptors (Lipinski definition) is 3. The minimum Gasteiger partial charge on any atom is -0.469 e. The van der Waals surface area contributed by atoms with Gasteiger partial charge in [-0.1, -0.05) is 12.5 Å². The summed E-state index contributed by atoms with van der Waals surface area (Å²) in [5.41, 5.74) is 0.815. The average molecular weight is 182 g/mol. The smallest absolute Gasteiger partial charge is 0.313 e. The molecule has 0 aliphatic heterocycles. The summed E-state index contributed by atoms with van der Waals surface area (Å²) in [6.07, 6.45) is 1.98. The van der Waals surface area contributed by atoms with Crippen molar-refractivity contribution in [2.45, 2.75) is 20.3 Å². The van der Waals surface area contributed by atoms with Crippen molar-refractivity contribution in [2.75, 3.05) is 7.11 Å². The summed E-state index contributed by atoms with van der Waals surface area (Å²) >= 11 is 0. The zero-order chi connectivity index (χ0) is 10.0. The third kappa shape index (κ3) is 1.97. The Morgan fingerprint density at radius 2 is 2.23 bits per heavy atom. The van der Waals surface area contributed by atoms with E-state index in [1.54, 1.807) is 13.0 Å². The minimum atomic E-state index is -0.242. The first-order valence-corrected chi connectivity index (χ1v) is 4.35. The van der Waals surface area contributed by atoms with Crippen LogP contribution in [-0.4, -0.2) is 18.9 Å². The molecule has 0 amide bonds. The highest BCUT2D eigenvalue weighted by Crippen LogP contribution is 2.29. The van der Waals surface area contributed by atoms with Gasteiger partial charge in [-0.3, -0.25) is 9.59 Å². The first-order valence-electron chi connectivity index (χ1n) is 4.35. The van der Waals surface area contributed by atoms with E-state index in [0.717, 1.165) is 5.57 Å². The lowest BCUT2D eigenvalue weighted by atomic mass is 9.80. The van der Waals surface area contributed by atoms with Crippen LogP contribution in [0.15, 0.2) is 11.6 Å². The predicted octanol–water partition coefficient (Wildman–Crippen LogP) is 1.33. The molecule has 72 valence electrons. The van der Waals surface area contributed by atoms with E-state index in [2.05, 4.69) is 4.74 Å². The Kier molecular flexibility index (Phi) is 2.86. The highest BCUT2D eigenvalue weighted by Gasteiger charge is 2.32. The van der Waals surface area contributed by atoms with Gasteiger partial charge in [0.15, 0.2) is 5.78 Å². The third-order valence-corrected chi connectivity index (χ3v) is 2.43. The molecule has 0 bridgehead atoms. The first kappa shape index (κ1) is 9.96. The molecule has 0 unspecified atom stereocenters. The summed E-state index contributed by atoms with van der Waals surface area (Å²) in [5.74, 6) is -0.313. The van der Waals surface area contributed by atoms with Gasteiger partial charge in [0.25, 0.3) is 0 Å². The van der Waals surface area contributed by atoms with Crippen molar-refractivity contribution in [3.63, 3.8) is 0 Å². The summed E-state index contributed by atoms with van der Waals surface area (Å²) in [4.78, 5) is 22.4. The van der Waals surface area contributed by atoms with Crippen LogP contribution < -0.4 is 0 Å². The molecule has 0 saturated heterocycles. The zero-order valence-electron chi connectivity index (χ0n) is 8.16. The number of rotatable bonds is 1. The van der Waals surface area contributed by atoms with E-state index < -0.39 is 0 Å². The van der Waals surface area contributed by atoms with E-state index in [0.29, 0.717) is 6.42 Å². The fraction of sp³-hybridized carbons (Fsp3) is 0.600. The molecule has 1 rings (SSSR count). The molecule has 1 aliphatic rings. The van der Waals surface area contributed by atoms with Crippen molar-refractivity contribution in [1.29, 1.82) is 0 Å². The largest absolute Gasteiger partial charge is 0.469 e. The second-order valence-electron chi connectivity index (χ2n) is 3.54. The SMILES string of the molecule is COC(=O)[C@H]1C(C)=CC(=O)C[C@@H]1C. The lowest BCUT2D eigenvalue weighted by molar-refractivity contribution is -0.146. The molecule has 0 aromatic heterocycles. The van der Waals surface area contributed by atoms with Crippen molar-refractivity contribution in [3.05, 3.63) is 11.6 Å². The maximum Gasteiger partial charge on any atom is 0.313 e. The van der Waals surface area contributed by atoms with Crippen LogP contribution in [0.3, 0.4) is 0 Å². The average Bonchev–Trinajstić information content (AvgIpc) is 2.02. The Balaban J connectivity index is 2.90. The van der Waals surface area contributed by atoms with Gasteiger partial charge in [-0.05, 0) is 18.9 Å².